The van der Waals surface area contributed by atoms with E-state index in [0.717, 1.165) is 22.3 Å². The van der Waals surface area contributed by atoms with Gasteiger partial charge in [-0.05, 0) is 44.4 Å². The molecule has 0 atom stereocenters. The first-order chi connectivity index (χ1) is 10.3. The Morgan fingerprint density at radius 1 is 1.36 bits per heavy atom. The van der Waals surface area contributed by atoms with Gasteiger partial charge in [0.2, 0.25) is 0 Å². The van der Waals surface area contributed by atoms with Crippen LogP contribution in [0, 0.1) is 6.92 Å². The summed E-state index contributed by atoms with van der Waals surface area (Å²) in [6.07, 6.45) is 3.34. The van der Waals surface area contributed by atoms with Gasteiger partial charge in [-0.1, -0.05) is 18.2 Å². The molecule has 0 radical (unpaired) electrons. The zero-order chi connectivity index (χ0) is 16.3. The molecule has 0 saturated heterocycles. The SMILES string of the molecule is Cc1c(CN(C)C(=O)OC(C)(C)C)cccc1-c1cn[nH]c1. The molecule has 2 aromatic rings. The fourth-order valence-electron chi connectivity index (χ4n) is 2.23. The van der Waals surface area contributed by atoms with E-state index in [2.05, 4.69) is 23.2 Å². The lowest BCUT2D eigenvalue weighted by Gasteiger charge is -2.25. The summed E-state index contributed by atoms with van der Waals surface area (Å²) in [5, 5.41) is 6.81. The Morgan fingerprint density at radius 2 is 2.09 bits per heavy atom. The van der Waals surface area contributed by atoms with Crippen LogP contribution in [0.1, 0.15) is 31.9 Å². The van der Waals surface area contributed by atoms with Gasteiger partial charge in [0.05, 0.1) is 6.20 Å². The third kappa shape index (κ3) is 3.87. The largest absolute Gasteiger partial charge is 0.444 e. The molecule has 0 spiro atoms. The summed E-state index contributed by atoms with van der Waals surface area (Å²) in [7, 11) is 1.75. The van der Waals surface area contributed by atoms with E-state index >= 15 is 0 Å². The molecule has 22 heavy (non-hydrogen) atoms. The summed E-state index contributed by atoms with van der Waals surface area (Å²) >= 11 is 0. The highest BCUT2D eigenvalue weighted by Crippen LogP contribution is 2.25. The van der Waals surface area contributed by atoms with Crippen molar-refractivity contribution in [2.45, 2.75) is 39.8 Å². The van der Waals surface area contributed by atoms with Crippen LogP contribution in [0.2, 0.25) is 0 Å². The van der Waals surface area contributed by atoms with E-state index in [9.17, 15) is 4.79 Å². The molecular formula is C17H23N3O2. The summed E-state index contributed by atoms with van der Waals surface area (Å²) in [5.41, 5.74) is 3.90. The number of carbonyl (C=O) groups excluding carboxylic acids is 1. The molecule has 0 aliphatic rings. The highest BCUT2D eigenvalue weighted by Gasteiger charge is 2.20. The third-order valence-electron chi connectivity index (χ3n) is 3.37. The van der Waals surface area contributed by atoms with E-state index in [0.29, 0.717) is 6.54 Å². The van der Waals surface area contributed by atoms with Crippen LogP contribution < -0.4 is 0 Å². The van der Waals surface area contributed by atoms with Crippen LogP contribution in [0.25, 0.3) is 11.1 Å². The number of amides is 1. The number of hydrogen-bond donors (Lipinski definition) is 1. The first-order valence-electron chi connectivity index (χ1n) is 7.29. The van der Waals surface area contributed by atoms with Gasteiger partial charge < -0.3 is 9.64 Å². The molecule has 1 aromatic carbocycles. The molecule has 0 bridgehead atoms. The van der Waals surface area contributed by atoms with Crippen molar-refractivity contribution in [3.05, 3.63) is 41.7 Å². The van der Waals surface area contributed by atoms with Gasteiger partial charge in [-0.3, -0.25) is 5.10 Å². The number of H-pyrrole nitrogens is 1. The fourth-order valence-corrected chi connectivity index (χ4v) is 2.23. The number of nitrogens with one attached hydrogen (secondary N) is 1. The van der Waals surface area contributed by atoms with Crippen molar-refractivity contribution in [2.24, 2.45) is 0 Å². The van der Waals surface area contributed by atoms with Gasteiger partial charge in [0.15, 0.2) is 0 Å². The number of aromatic nitrogens is 2. The number of rotatable bonds is 3. The zero-order valence-electron chi connectivity index (χ0n) is 13.8. The zero-order valence-corrected chi connectivity index (χ0v) is 13.8. The smallest absolute Gasteiger partial charge is 0.410 e. The summed E-state index contributed by atoms with van der Waals surface area (Å²) in [5.74, 6) is 0. The Morgan fingerprint density at radius 3 is 2.68 bits per heavy atom. The van der Waals surface area contributed by atoms with Gasteiger partial charge in [0.1, 0.15) is 5.60 Å². The van der Waals surface area contributed by atoms with Crippen molar-refractivity contribution in [3.63, 3.8) is 0 Å². The molecule has 1 N–H and O–H groups in total. The van der Waals surface area contributed by atoms with E-state index in [1.165, 1.54) is 0 Å². The Balaban J connectivity index is 2.17. The molecule has 1 heterocycles. The van der Waals surface area contributed by atoms with Crippen LogP contribution in [-0.4, -0.2) is 33.8 Å². The average molecular weight is 301 g/mol. The van der Waals surface area contributed by atoms with Gasteiger partial charge in [-0.2, -0.15) is 5.10 Å². The number of carbonyl (C=O) groups is 1. The number of nitrogens with zero attached hydrogens (tertiary/aromatic N) is 2. The molecule has 1 amide bonds. The van der Waals surface area contributed by atoms with Crippen molar-refractivity contribution in [1.29, 1.82) is 0 Å². The standard InChI is InChI=1S/C17H23N3O2/c1-12-13(11-20(5)16(21)22-17(2,3)4)7-6-8-15(12)14-9-18-19-10-14/h6-10H,11H2,1-5H3,(H,18,19). The Hall–Kier alpha value is -2.30. The quantitative estimate of drug-likeness (QED) is 0.939. The lowest BCUT2D eigenvalue weighted by atomic mass is 9.98. The second-order valence-corrected chi connectivity index (χ2v) is 6.41. The van der Waals surface area contributed by atoms with Gasteiger partial charge in [0, 0.05) is 25.4 Å². The van der Waals surface area contributed by atoms with Crippen molar-refractivity contribution >= 4 is 6.09 Å². The fraction of sp³-hybridized carbons (Fsp3) is 0.412. The molecule has 1 aromatic heterocycles. The van der Waals surface area contributed by atoms with Crippen LogP contribution in [-0.2, 0) is 11.3 Å². The van der Waals surface area contributed by atoms with Gasteiger partial charge >= 0.3 is 6.09 Å². The van der Waals surface area contributed by atoms with Crippen LogP contribution in [0.15, 0.2) is 30.6 Å². The molecule has 0 aliphatic heterocycles. The molecule has 0 unspecified atom stereocenters. The normalized spacial score (nSPS) is 11.3. The van der Waals surface area contributed by atoms with E-state index < -0.39 is 5.60 Å². The lowest BCUT2D eigenvalue weighted by molar-refractivity contribution is 0.0285. The van der Waals surface area contributed by atoms with Crippen molar-refractivity contribution in [3.8, 4) is 11.1 Å². The van der Waals surface area contributed by atoms with Gasteiger partial charge in [0.25, 0.3) is 0 Å². The predicted molar refractivity (Wildman–Crippen MR) is 86.5 cm³/mol. The topological polar surface area (TPSA) is 58.2 Å². The highest BCUT2D eigenvalue weighted by atomic mass is 16.6. The van der Waals surface area contributed by atoms with Crippen LogP contribution in [0.4, 0.5) is 4.79 Å². The third-order valence-corrected chi connectivity index (χ3v) is 3.37. The number of hydrogen-bond acceptors (Lipinski definition) is 3. The Kier molecular flexibility index (Phi) is 4.54. The van der Waals surface area contributed by atoms with E-state index in [4.69, 9.17) is 4.74 Å². The average Bonchev–Trinajstić information content (AvgIpc) is 2.93. The summed E-state index contributed by atoms with van der Waals surface area (Å²) < 4.78 is 5.39. The second kappa shape index (κ2) is 6.22. The van der Waals surface area contributed by atoms with Crippen LogP contribution in [0.5, 0.6) is 0 Å². The number of ether oxygens (including phenoxy) is 1. The van der Waals surface area contributed by atoms with Crippen LogP contribution >= 0.6 is 0 Å². The molecule has 0 saturated carbocycles. The molecule has 0 aliphatic carbocycles. The molecule has 5 heteroatoms. The Bertz CT molecular complexity index is 642. The summed E-state index contributed by atoms with van der Waals surface area (Å²) in [4.78, 5) is 13.7. The second-order valence-electron chi connectivity index (χ2n) is 6.41. The minimum Gasteiger partial charge on any atom is -0.444 e. The van der Waals surface area contributed by atoms with E-state index in [-0.39, 0.29) is 6.09 Å². The van der Waals surface area contributed by atoms with Gasteiger partial charge in [-0.15, -0.1) is 0 Å². The van der Waals surface area contributed by atoms with Crippen LogP contribution in [0.3, 0.4) is 0 Å². The molecular weight excluding hydrogens is 278 g/mol. The van der Waals surface area contributed by atoms with E-state index in [1.807, 2.05) is 39.1 Å². The van der Waals surface area contributed by atoms with Crippen molar-refractivity contribution in [2.75, 3.05) is 7.05 Å². The van der Waals surface area contributed by atoms with E-state index in [1.54, 1.807) is 18.1 Å². The molecule has 0 fully saturated rings. The molecule has 5 nitrogen and oxygen atoms in total. The maximum Gasteiger partial charge on any atom is 0.410 e. The number of benzene rings is 1. The first-order valence-corrected chi connectivity index (χ1v) is 7.29. The minimum absolute atomic E-state index is 0.319. The molecule has 2 rings (SSSR count). The monoisotopic (exact) mass is 301 g/mol. The molecule has 118 valence electrons. The van der Waals surface area contributed by atoms with Gasteiger partial charge in [-0.25, -0.2) is 4.79 Å². The summed E-state index contributed by atoms with van der Waals surface area (Å²) in [6.45, 7) is 8.16. The summed E-state index contributed by atoms with van der Waals surface area (Å²) in [6, 6.07) is 6.07. The highest BCUT2D eigenvalue weighted by molar-refractivity contribution is 5.69. The maximum atomic E-state index is 12.1. The van der Waals surface area contributed by atoms with Crippen molar-refractivity contribution in [1.82, 2.24) is 15.1 Å². The number of aromatic amines is 1. The maximum absolute atomic E-state index is 12.1. The van der Waals surface area contributed by atoms with Crippen molar-refractivity contribution < 1.29 is 9.53 Å². The lowest BCUT2D eigenvalue weighted by Crippen LogP contribution is -2.34. The minimum atomic E-state index is -0.487. The first kappa shape index (κ1) is 16.1. The Labute approximate surface area is 131 Å². The predicted octanol–water partition coefficient (Wildman–Crippen LogP) is 3.75.